The van der Waals surface area contributed by atoms with Crippen LogP contribution in [0.2, 0.25) is 5.02 Å². The highest BCUT2D eigenvalue weighted by molar-refractivity contribution is 9.10. The summed E-state index contributed by atoms with van der Waals surface area (Å²) in [6.45, 7) is 4.29. The molecule has 0 radical (unpaired) electrons. The molecule has 1 fully saturated rings. The monoisotopic (exact) mass is 476 g/mol. The molecule has 0 bridgehead atoms. The van der Waals surface area contributed by atoms with E-state index in [0.29, 0.717) is 38.7 Å². The van der Waals surface area contributed by atoms with Gasteiger partial charge in [0, 0.05) is 5.02 Å². The lowest BCUT2D eigenvalue weighted by Crippen LogP contribution is -2.54. The first-order chi connectivity index (χ1) is 13.8. The Morgan fingerprint density at radius 2 is 1.97 bits per heavy atom. The van der Waals surface area contributed by atoms with Crippen LogP contribution in [-0.2, 0) is 9.59 Å². The average molecular weight is 478 g/mol. The SMILES string of the molecule is CCCOc1ccc(/C=C2\C(=O)NC(=O)N(c3cccc(Cl)c3C)C2=O)cc1Br. The largest absolute Gasteiger partial charge is 0.492 e. The molecule has 29 heavy (non-hydrogen) atoms. The summed E-state index contributed by atoms with van der Waals surface area (Å²) >= 11 is 9.55. The highest BCUT2D eigenvalue weighted by atomic mass is 79.9. The molecule has 0 saturated carbocycles. The Balaban J connectivity index is 1.97. The molecule has 0 spiro atoms. The van der Waals surface area contributed by atoms with Crippen molar-refractivity contribution < 1.29 is 19.1 Å². The average Bonchev–Trinajstić information content (AvgIpc) is 2.67. The number of barbiturate groups is 1. The lowest BCUT2D eigenvalue weighted by molar-refractivity contribution is -0.122. The first-order valence-electron chi connectivity index (χ1n) is 8.92. The first-order valence-corrected chi connectivity index (χ1v) is 10.1. The van der Waals surface area contributed by atoms with Gasteiger partial charge in [-0.15, -0.1) is 0 Å². The van der Waals surface area contributed by atoms with Crippen LogP contribution in [0.3, 0.4) is 0 Å². The highest BCUT2D eigenvalue weighted by Crippen LogP contribution is 2.31. The molecular weight excluding hydrogens is 460 g/mol. The zero-order valence-electron chi connectivity index (χ0n) is 15.8. The predicted molar refractivity (Wildman–Crippen MR) is 115 cm³/mol. The van der Waals surface area contributed by atoms with E-state index in [9.17, 15) is 14.4 Å². The number of halogens is 2. The number of carbonyl (C=O) groups is 3. The topological polar surface area (TPSA) is 75.7 Å². The summed E-state index contributed by atoms with van der Waals surface area (Å²) < 4.78 is 6.30. The third-order valence-electron chi connectivity index (χ3n) is 4.31. The molecule has 0 atom stereocenters. The maximum Gasteiger partial charge on any atom is 0.335 e. The fraction of sp³-hybridized carbons (Fsp3) is 0.190. The van der Waals surface area contributed by atoms with Crippen LogP contribution in [0.25, 0.3) is 6.08 Å². The van der Waals surface area contributed by atoms with Crippen molar-refractivity contribution in [2.45, 2.75) is 20.3 Å². The van der Waals surface area contributed by atoms with E-state index >= 15 is 0 Å². The van der Waals surface area contributed by atoms with Gasteiger partial charge >= 0.3 is 6.03 Å². The smallest absolute Gasteiger partial charge is 0.335 e. The van der Waals surface area contributed by atoms with Gasteiger partial charge in [0.15, 0.2) is 0 Å². The minimum absolute atomic E-state index is 0.155. The summed E-state index contributed by atoms with van der Waals surface area (Å²) in [4.78, 5) is 38.6. The molecule has 1 saturated heterocycles. The molecule has 3 rings (SSSR count). The summed E-state index contributed by atoms with van der Waals surface area (Å²) in [5.74, 6) is -0.801. The van der Waals surface area contributed by atoms with Crippen LogP contribution in [0.5, 0.6) is 5.75 Å². The van der Waals surface area contributed by atoms with Gasteiger partial charge in [-0.05, 0) is 70.7 Å². The third kappa shape index (κ3) is 4.36. The second-order valence-electron chi connectivity index (χ2n) is 6.38. The van der Waals surface area contributed by atoms with Gasteiger partial charge in [0.25, 0.3) is 11.8 Å². The van der Waals surface area contributed by atoms with Crippen LogP contribution >= 0.6 is 27.5 Å². The molecule has 6 nitrogen and oxygen atoms in total. The number of amides is 4. The second-order valence-corrected chi connectivity index (χ2v) is 7.64. The van der Waals surface area contributed by atoms with Crippen LogP contribution in [-0.4, -0.2) is 24.5 Å². The Morgan fingerprint density at radius 3 is 2.66 bits per heavy atom. The molecule has 4 amide bonds. The molecule has 0 aromatic heterocycles. The molecule has 8 heteroatoms. The predicted octanol–water partition coefficient (Wildman–Crippen LogP) is 4.87. The molecule has 0 unspecified atom stereocenters. The molecular formula is C21H18BrClN2O4. The number of hydrogen-bond donors (Lipinski definition) is 1. The van der Waals surface area contributed by atoms with Gasteiger partial charge in [-0.25, -0.2) is 9.69 Å². The van der Waals surface area contributed by atoms with Crippen molar-refractivity contribution in [1.82, 2.24) is 5.32 Å². The second kappa shape index (κ2) is 8.80. The number of nitrogens with zero attached hydrogens (tertiary/aromatic N) is 1. The van der Waals surface area contributed by atoms with Gasteiger partial charge in [0.1, 0.15) is 11.3 Å². The van der Waals surface area contributed by atoms with E-state index in [-0.39, 0.29) is 5.57 Å². The number of urea groups is 1. The molecule has 150 valence electrons. The number of nitrogens with one attached hydrogen (secondary N) is 1. The number of rotatable bonds is 5. The van der Waals surface area contributed by atoms with Crippen LogP contribution in [0, 0.1) is 6.92 Å². The van der Waals surface area contributed by atoms with Crippen LogP contribution in [0.15, 0.2) is 46.4 Å². The number of ether oxygens (including phenoxy) is 1. The Hall–Kier alpha value is -2.64. The molecule has 0 aliphatic carbocycles. The lowest BCUT2D eigenvalue weighted by Gasteiger charge is -2.27. The van der Waals surface area contributed by atoms with Crippen molar-refractivity contribution in [2.24, 2.45) is 0 Å². The van der Waals surface area contributed by atoms with Crippen molar-refractivity contribution in [3.63, 3.8) is 0 Å². The standard InChI is InChI=1S/C21H18BrClN2O4/c1-3-9-29-18-8-7-13(11-15(18)22)10-14-19(26)24-21(28)25(20(14)27)17-6-4-5-16(23)12(17)2/h4-8,10-11H,3,9H2,1-2H3,(H,24,26,28)/b14-10+. The minimum Gasteiger partial charge on any atom is -0.492 e. The summed E-state index contributed by atoms with van der Waals surface area (Å²) in [6, 6.07) is 9.31. The van der Waals surface area contributed by atoms with E-state index < -0.39 is 17.8 Å². The van der Waals surface area contributed by atoms with Crippen molar-refractivity contribution in [3.05, 3.63) is 62.6 Å². The Kier molecular flexibility index (Phi) is 6.39. The van der Waals surface area contributed by atoms with Gasteiger partial charge in [-0.1, -0.05) is 30.7 Å². The molecule has 1 aliphatic heterocycles. The summed E-state index contributed by atoms with van der Waals surface area (Å²) in [5, 5.41) is 2.62. The zero-order chi connectivity index (χ0) is 21.1. The normalized spacial score (nSPS) is 15.7. The van der Waals surface area contributed by atoms with Crippen molar-refractivity contribution >= 4 is 57.1 Å². The number of anilines is 1. The van der Waals surface area contributed by atoms with Crippen molar-refractivity contribution in [2.75, 3.05) is 11.5 Å². The molecule has 1 N–H and O–H groups in total. The summed E-state index contributed by atoms with van der Waals surface area (Å²) in [5.41, 5.74) is 1.34. The van der Waals surface area contributed by atoms with Gasteiger partial charge in [-0.3, -0.25) is 14.9 Å². The van der Waals surface area contributed by atoms with Gasteiger partial charge in [0.05, 0.1) is 16.8 Å². The fourth-order valence-corrected chi connectivity index (χ4v) is 3.50. The number of benzene rings is 2. The van der Waals surface area contributed by atoms with Gasteiger partial charge in [0.2, 0.25) is 0 Å². The Labute approximate surface area is 181 Å². The lowest BCUT2D eigenvalue weighted by atomic mass is 10.1. The van der Waals surface area contributed by atoms with E-state index in [4.69, 9.17) is 16.3 Å². The van der Waals surface area contributed by atoms with E-state index in [1.54, 1.807) is 43.3 Å². The maximum absolute atomic E-state index is 13.0. The number of carbonyl (C=O) groups excluding carboxylic acids is 3. The fourth-order valence-electron chi connectivity index (χ4n) is 2.82. The van der Waals surface area contributed by atoms with Crippen LogP contribution < -0.4 is 15.0 Å². The van der Waals surface area contributed by atoms with Crippen LogP contribution in [0.4, 0.5) is 10.5 Å². The summed E-state index contributed by atoms with van der Waals surface area (Å²) in [7, 11) is 0. The third-order valence-corrected chi connectivity index (χ3v) is 5.34. The van der Waals surface area contributed by atoms with Crippen LogP contribution in [0.1, 0.15) is 24.5 Å². The number of hydrogen-bond acceptors (Lipinski definition) is 4. The zero-order valence-corrected chi connectivity index (χ0v) is 18.1. The molecule has 1 heterocycles. The minimum atomic E-state index is -0.813. The maximum atomic E-state index is 13.0. The van der Waals surface area contributed by atoms with E-state index in [1.807, 2.05) is 6.92 Å². The van der Waals surface area contributed by atoms with Crippen molar-refractivity contribution in [1.29, 1.82) is 0 Å². The Bertz CT molecular complexity index is 1040. The van der Waals surface area contributed by atoms with E-state index in [2.05, 4.69) is 21.2 Å². The molecule has 2 aromatic rings. The first kappa shape index (κ1) is 21.1. The highest BCUT2D eigenvalue weighted by Gasteiger charge is 2.37. The molecule has 2 aromatic carbocycles. The van der Waals surface area contributed by atoms with E-state index in [0.717, 1.165) is 11.3 Å². The van der Waals surface area contributed by atoms with Gasteiger partial charge < -0.3 is 4.74 Å². The quantitative estimate of drug-likeness (QED) is 0.493. The van der Waals surface area contributed by atoms with Gasteiger partial charge in [-0.2, -0.15) is 0 Å². The van der Waals surface area contributed by atoms with Crippen molar-refractivity contribution in [3.8, 4) is 5.75 Å². The summed E-state index contributed by atoms with van der Waals surface area (Å²) in [6.07, 6.45) is 2.31. The molecule has 1 aliphatic rings. The number of imide groups is 2. The Morgan fingerprint density at radius 1 is 1.21 bits per heavy atom. The van der Waals surface area contributed by atoms with E-state index in [1.165, 1.54) is 6.08 Å².